The van der Waals surface area contributed by atoms with Crippen molar-refractivity contribution >= 4 is 5.82 Å². The Morgan fingerprint density at radius 3 is 2.53 bits per heavy atom. The van der Waals surface area contributed by atoms with Crippen molar-refractivity contribution in [1.82, 2.24) is 4.98 Å². The fraction of sp³-hybridized carbons (Fsp3) is 0.643. The Morgan fingerprint density at radius 2 is 1.94 bits per heavy atom. The van der Waals surface area contributed by atoms with Gasteiger partial charge >= 0.3 is 0 Å². The fourth-order valence-electron chi connectivity index (χ4n) is 2.34. The van der Waals surface area contributed by atoms with Crippen LogP contribution in [0.5, 0.6) is 0 Å². The van der Waals surface area contributed by atoms with E-state index in [0.29, 0.717) is 12.0 Å². The van der Waals surface area contributed by atoms with Gasteiger partial charge in [0.05, 0.1) is 0 Å². The minimum absolute atomic E-state index is 0.483. The second kappa shape index (κ2) is 4.65. The van der Waals surface area contributed by atoms with Gasteiger partial charge in [0, 0.05) is 25.3 Å². The lowest BCUT2D eigenvalue weighted by Crippen LogP contribution is -2.37. The Hall–Kier alpha value is -1.09. The summed E-state index contributed by atoms with van der Waals surface area (Å²) in [4.78, 5) is 7.01. The monoisotopic (exact) mass is 233 g/mol. The summed E-state index contributed by atoms with van der Waals surface area (Å²) in [7, 11) is 0. The molecule has 0 aliphatic carbocycles. The topological polar surface area (TPSA) is 42.1 Å². The highest BCUT2D eigenvalue weighted by atomic mass is 15.2. The van der Waals surface area contributed by atoms with E-state index in [1.54, 1.807) is 0 Å². The molecule has 1 fully saturated rings. The molecule has 94 valence electrons. The van der Waals surface area contributed by atoms with Gasteiger partial charge in [-0.15, -0.1) is 0 Å². The Balaban J connectivity index is 2.15. The van der Waals surface area contributed by atoms with E-state index < -0.39 is 0 Å². The van der Waals surface area contributed by atoms with E-state index in [4.69, 9.17) is 5.73 Å². The minimum Gasteiger partial charge on any atom is -0.357 e. The maximum absolute atomic E-state index is 5.71. The van der Waals surface area contributed by atoms with E-state index in [2.05, 4.69) is 35.9 Å². The SMILES string of the molecule is Cc1cc(CN)cc(N2CCC(C)(C)CC2)n1. The van der Waals surface area contributed by atoms with Gasteiger partial charge < -0.3 is 10.6 Å². The molecule has 17 heavy (non-hydrogen) atoms. The van der Waals surface area contributed by atoms with Crippen LogP contribution in [-0.2, 0) is 6.54 Å². The lowest BCUT2D eigenvalue weighted by atomic mass is 9.83. The predicted octanol–water partition coefficient (Wildman–Crippen LogP) is 2.48. The predicted molar refractivity (Wildman–Crippen MR) is 72.1 cm³/mol. The van der Waals surface area contributed by atoms with Crippen molar-refractivity contribution in [2.45, 2.75) is 40.2 Å². The van der Waals surface area contributed by atoms with Gasteiger partial charge in [0.2, 0.25) is 0 Å². The normalized spacial score (nSPS) is 19.4. The second-order valence-electron chi connectivity index (χ2n) is 5.83. The number of anilines is 1. The van der Waals surface area contributed by atoms with Crippen molar-refractivity contribution in [3.8, 4) is 0 Å². The zero-order valence-corrected chi connectivity index (χ0v) is 11.2. The molecule has 0 bridgehead atoms. The van der Waals surface area contributed by atoms with Crippen LogP contribution in [0.2, 0.25) is 0 Å². The van der Waals surface area contributed by atoms with E-state index in [-0.39, 0.29) is 0 Å². The number of hydrogen-bond acceptors (Lipinski definition) is 3. The molecule has 2 heterocycles. The number of nitrogens with zero attached hydrogens (tertiary/aromatic N) is 2. The molecule has 0 amide bonds. The molecule has 0 saturated carbocycles. The zero-order valence-electron chi connectivity index (χ0n) is 11.2. The van der Waals surface area contributed by atoms with Gasteiger partial charge in [0.1, 0.15) is 5.82 Å². The molecule has 3 nitrogen and oxygen atoms in total. The van der Waals surface area contributed by atoms with Crippen LogP contribution in [0.3, 0.4) is 0 Å². The maximum Gasteiger partial charge on any atom is 0.129 e. The van der Waals surface area contributed by atoms with Gasteiger partial charge in [-0.2, -0.15) is 0 Å². The standard InChI is InChI=1S/C14H23N3/c1-11-8-12(10-15)9-13(16-11)17-6-4-14(2,3)5-7-17/h8-9H,4-7,10,15H2,1-3H3. The summed E-state index contributed by atoms with van der Waals surface area (Å²) in [5.41, 5.74) is 8.44. The number of aryl methyl sites for hydroxylation is 1. The average Bonchev–Trinajstić information content (AvgIpc) is 2.28. The zero-order chi connectivity index (χ0) is 12.5. The molecule has 0 aromatic carbocycles. The Bertz CT molecular complexity index is 388. The molecule has 1 aliphatic heterocycles. The molecule has 1 aromatic rings. The van der Waals surface area contributed by atoms with Gasteiger partial charge in [-0.25, -0.2) is 4.98 Å². The van der Waals surface area contributed by atoms with Crippen LogP contribution < -0.4 is 10.6 Å². The number of nitrogens with two attached hydrogens (primary N) is 1. The van der Waals surface area contributed by atoms with E-state index in [9.17, 15) is 0 Å². The Labute approximate surface area is 104 Å². The number of piperidine rings is 1. The highest BCUT2D eigenvalue weighted by Gasteiger charge is 2.26. The van der Waals surface area contributed by atoms with Gasteiger partial charge in [-0.1, -0.05) is 13.8 Å². The maximum atomic E-state index is 5.71. The lowest BCUT2D eigenvalue weighted by molar-refractivity contribution is 0.279. The van der Waals surface area contributed by atoms with Crippen molar-refractivity contribution in [2.24, 2.45) is 11.1 Å². The third-order valence-corrected chi connectivity index (χ3v) is 3.68. The van der Waals surface area contributed by atoms with Gasteiger partial charge in [0.25, 0.3) is 0 Å². The largest absolute Gasteiger partial charge is 0.357 e. The summed E-state index contributed by atoms with van der Waals surface area (Å²) in [5, 5.41) is 0. The van der Waals surface area contributed by atoms with Gasteiger partial charge in [0.15, 0.2) is 0 Å². The third-order valence-electron chi connectivity index (χ3n) is 3.68. The van der Waals surface area contributed by atoms with E-state index in [0.717, 1.165) is 24.6 Å². The molecule has 0 spiro atoms. The number of hydrogen-bond donors (Lipinski definition) is 1. The van der Waals surface area contributed by atoms with Crippen molar-refractivity contribution in [3.05, 3.63) is 23.4 Å². The molecule has 0 unspecified atom stereocenters. The third kappa shape index (κ3) is 2.97. The molecule has 1 saturated heterocycles. The van der Waals surface area contributed by atoms with E-state index >= 15 is 0 Å². The first kappa shape index (κ1) is 12.4. The van der Waals surface area contributed by atoms with Crippen LogP contribution in [0.15, 0.2) is 12.1 Å². The summed E-state index contributed by atoms with van der Waals surface area (Å²) >= 11 is 0. The molecule has 2 N–H and O–H groups in total. The fourth-order valence-corrected chi connectivity index (χ4v) is 2.34. The highest BCUT2D eigenvalue weighted by Crippen LogP contribution is 2.31. The first-order valence-corrected chi connectivity index (χ1v) is 6.43. The molecular formula is C14H23N3. The first-order valence-electron chi connectivity index (χ1n) is 6.43. The summed E-state index contributed by atoms with van der Waals surface area (Å²) in [5.74, 6) is 1.10. The van der Waals surface area contributed by atoms with Crippen LogP contribution >= 0.6 is 0 Å². The molecule has 0 atom stereocenters. The first-order chi connectivity index (χ1) is 8.00. The molecule has 1 aromatic heterocycles. The van der Waals surface area contributed by atoms with Crippen LogP contribution in [0.1, 0.15) is 37.9 Å². The summed E-state index contributed by atoms with van der Waals surface area (Å²) < 4.78 is 0. The molecule has 0 radical (unpaired) electrons. The molecular weight excluding hydrogens is 210 g/mol. The van der Waals surface area contributed by atoms with Crippen LogP contribution in [0.25, 0.3) is 0 Å². The van der Waals surface area contributed by atoms with Gasteiger partial charge in [-0.3, -0.25) is 0 Å². The lowest BCUT2D eigenvalue weighted by Gasteiger charge is -2.37. The highest BCUT2D eigenvalue weighted by molar-refractivity contribution is 5.43. The molecule has 2 rings (SSSR count). The van der Waals surface area contributed by atoms with E-state index in [1.807, 2.05) is 6.92 Å². The smallest absolute Gasteiger partial charge is 0.129 e. The van der Waals surface area contributed by atoms with Gasteiger partial charge in [-0.05, 0) is 42.9 Å². The Kier molecular flexibility index (Phi) is 3.38. The second-order valence-corrected chi connectivity index (χ2v) is 5.83. The van der Waals surface area contributed by atoms with Crippen LogP contribution in [0.4, 0.5) is 5.82 Å². The van der Waals surface area contributed by atoms with Crippen molar-refractivity contribution in [3.63, 3.8) is 0 Å². The molecule has 1 aliphatic rings. The number of rotatable bonds is 2. The van der Waals surface area contributed by atoms with E-state index in [1.165, 1.54) is 18.4 Å². The Morgan fingerprint density at radius 1 is 1.29 bits per heavy atom. The van der Waals surface area contributed by atoms with Crippen LogP contribution in [0, 0.1) is 12.3 Å². The quantitative estimate of drug-likeness (QED) is 0.853. The number of aromatic nitrogens is 1. The van der Waals surface area contributed by atoms with Crippen molar-refractivity contribution < 1.29 is 0 Å². The number of pyridine rings is 1. The average molecular weight is 233 g/mol. The molecule has 3 heteroatoms. The summed E-state index contributed by atoms with van der Waals surface area (Å²) in [6.45, 7) is 9.53. The van der Waals surface area contributed by atoms with Crippen molar-refractivity contribution in [2.75, 3.05) is 18.0 Å². The summed E-state index contributed by atoms with van der Waals surface area (Å²) in [6, 6.07) is 4.20. The summed E-state index contributed by atoms with van der Waals surface area (Å²) in [6.07, 6.45) is 2.47. The van der Waals surface area contributed by atoms with Crippen LogP contribution in [-0.4, -0.2) is 18.1 Å². The van der Waals surface area contributed by atoms with Crippen molar-refractivity contribution in [1.29, 1.82) is 0 Å². The minimum atomic E-state index is 0.483.